The predicted octanol–water partition coefficient (Wildman–Crippen LogP) is 1.69. The van der Waals surface area contributed by atoms with Crippen molar-refractivity contribution in [1.29, 1.82) is 0 Å². The van der Waals surface area contributed by atoms with Crippen LogP contribution in [0.1, 0.15) is 13.3 Å². The van der Waals surface area contributed by atoms with Gasteiger partial charge in [-0.2, -0.15) is 8.78 Å². The number of imide groups is 1. The van der Waals surface area contributed by atoms with Crippen molar-refractivity contribution in [2.24, 2.45) is 0 Å². The second-order valence-corrected chi connectivity index (χ2v) is 6.36. The molecule has 0 bridgehead atoms. The van der Waals surface area contributed by atoms with E-state index in [1.165, 1.54) is 18.2 Å². The number of benzene rings is 1. The van der Waals surface area contributed by atoms with Gasteiger partial charge in [-0.25, -0.2) is 9.69 Å². The topological polar surface area (TPSA) is 79.4 Å². The van der Waals surface area contributed by atoms with E-state index in [0.717, 1.165) is 4.90 Å². The fraction of sp³-hybridized carbons (Fsp3) is 0.500. The van der Waals surface area contributed by atoms with Crippen LogP contribution in [0.2, 0.25) is 0 Å². The third-order valence-corrected chi connectivity index (χ3v) is 4.73. The van der Waals surface area contributed by atoms with E-state index in [0.29, 0.717) is 26.2 Å². The predicted molar refractivity (Wildman–Crippen MR) is 94.1 cm³/mol. The summed E-state index contributed by atoms with van der Waals surface area (Å²) in [6.45, 7) is 0.506. The maximum absolute atomic E-state index is 12.9. The lowest BCUT2D eigenvalue weighted by atomic mass is 10.2. The van der Waals surface area contributed by atoms with Crippen LogP contribution in [0.15, 0.2) is 24.3 Å². The Morgan fingerprint density at radius 2 is 1.86 bits per heavy atom. The molecule has 2 heterocycles. The van der Waals surface area contributed by atoms with Gasteiger partial charge in [0.1, 0.15) is 5.75 Å². The molecule has 1 aromatic rings. The van der Waals surface area contributed by atoms with Crippen LogP contribution in [0.3, 0.4) is 0 Å². The standard InChI is InChI=1S/C18H21F2N3O5/c1-2-27-18(26)22-9-7-21(8-10-22)13-11-15(24)23(16(13)25)12-5-3-4-6-14(12)28-17(19)20/h3-6,13,17H,2,7-11H2,1H3. The Hall–Kier alpha value is -2.75. The van der Waals surface area contributed by atoms with Gasteiger partial charge in [-0.05, 0) is 19.1 Å². The normalized spacial score (nSPS) is 20.8. The first-order chi connectivity index (χ1) is 13.4. The summed E-state index contributed by atoms with van der Waals surface area (Å²) in [7, 11) is 0. The Balaban J connectivity index is 1.71. The molecule has 0 aromatic heterocycles. The molecule has 3 amide bonds. The Morgan fingerprint density at radius 1 is 1.18 bits per heavy atom. The van der Waals surface area contributed by atoms with E-state index in [4.69, 9.17) is 4.74 Å². The van der Waals surface area contributed by atoms with Gasteiger partial charge in [0.25, 0.3) is 5.91 Å². The molecule has 1 aromatic carbocycles. The summed E-state index contributed by atoms with van der Waals surface area (Å²) in [4.78, 5) is 41.4. The van der Waals surface area contributed by atoms with E-state index in [2.05, 4.69) is 4.74 Å². The zero-order valence-corrected chi connectivity index (χ0v) is 15.3. The minimum atomic E-state index is -3.07. The lowest BCUT2D eigenvalue weighted by Crippen LogP contribution is -2.54. The molecular formula is C18H21F2N3O5. The smallest absolute Gasteiger partial charge is 0.409 e. The van der Waals surface area contributed by atoms with Crippen molar-refractivity contribution in [2.45, 2.75) is 26.0 Å². The summed E-state index contributed by atoms with van der Waals surface area (Å²) < 4.78 is 34.7. The van der Waals surface area contributed by atoms with Crippen LogP contribution in [0.4, 0.5) is 19.3 Å². The van der Waals surface area contributed by atoms with E-state index in [-0.39, 0.29) is 24.5 Å². The van der Waals surface area contributed by atoms with Crippen LogP contribution < -0.4 is 9.64 Å². The molecule has 0 aliphatic carbocycles. The van der Waals surface area contributed by atoms with Gasteiger partial charge in [0, 0.05) is 26.2 Å². The number of piperazine rings is 1. The average molecular weight is 397 g/mol. The van der Waals surface area contributed by atoms with Crippen molar-refractivity contribution < 1.29 is 32.6 Å². The first kappa shape index (κ1) is 20.0. The van der Waals surface area contributed by atoms with E-state index in [1.54, 1.807) is 17.9 Å². The molecule has 2 aliphatic rings. The summed E-state index contributed by atoms with van der Waals surface area (Å²) in [5.74, 6) is -1.19. The zero-order chi connectivity index (χ0) is 20.3. The van der Waals surface area contributed by atoms with Crippen molar-refractivity contribution in [1.82, 2.24) is 9.80 Å². The number of alkyl halides is 2. The number of amides is 3. The van der Waals surface area contributed by atoms with Crippen LogP contribution in [0.25, 0.3) is 0 Å². The molecular weight excluding hydrogens is 376 g/mol. The summed E-state index contributed by atoms with van der Waals surface area (Å²) in [6.07, 6.45) is -0.461. The first-order valence-corrected chi connectivity index (χ1v) is 8.98. The Labute approximate surface area is 160 Å². The zero-order valence-electron chi connectivity index (χ0n) is 15.3. The van der Waals surface area contributed by atoms with Crippen molar-refractivity contribution in [3.8, 4) is 5.75 Å². The number of hydrogen-bond donors (Lipinski definition) is 0. The highest BCUT2D eigenvalue weighted by molar-refractivity contribution is 6.23. The molecule has 10 heteroatoms. The molecule has 0 N–H and O–H groups in total. The third-order valence-electron chi connectivity index (χ3n) is 4.73. The van der Waals surface area contributed by atoms with Crippen LogP contribution in [0.5, 0.6) is 5.75 Å². The van der Waals surface area contributed by atoms with Gasteiger partial charge >= 0.3 is 12.7 Å². The van der Waals surface area contributed by atoms with Crippen molar-refractivity contribution in [2.75, 3.05) is 37.7 Å². The van der Waals surface area contributed by atoms with E-state index in [1.807, 2.05) is 4.90 Å². The molecule has 8 nitrogen and oxygen atoms in total. The summed E-state index contributed by atoms with van der Waals surface area (Å²) >= 11 is 0. The second-order valence-electron chi connectivity index (χ2n) is 6.36. The molecule has 2 fully saturated rings. The highest BCUT2D eigenvalue weighted by atomic mass is 19.3. The van der Waals surface area contributed by atoms with Crippen molar-refractivity contribution in [3.63, 3.8) is 0 Å². The lowest BCUT2D eigenvalue weighted by Gasteiger charge is -2.36. The first-order valence-electron chi connectivity index (χ1n) is 8.98. The summed E-state index contributed by atoms with van der Waals surface area (Å²) in [6, 6.07) is 5.01. The minimum absolute atomic E-state index is 0.00506. The van der Waals surface area contributed by atoms with Crippen molar-refractivity contribution in [3.05, 3.63) is 24.3 Å². The van der Waals surface area contributed by atoms with Crippen LogP contribution >= 0.6 is 0 Å². The quantitative estimate of drug-likeness (QED) is 0.704. The van der Waals surface area contributed by atoms with Gasteiger partial charge < -0.3 is 14.4 Å². The number of rotatable bonds is 5. The second kappa shape index (κ2) is 8.51. The van der Waals surface area contributed by atoms with E-state index in [9.17, 15) is 23.2 Å². The van der Waals surface area contributed by atoms with Gasteiger partial charge in [-0.3, -0.25) is 14.5 Å². The molecule has 0 spiro atoms. The van der Waals surface area contributed by atoms with E-state index >= 15 is 0 Å². The van der Waals surface area contributed by atoms with Gasteiger partial charge in [0.05, 0.1) is 24.8 Å². The van der Waals surface area contributed by atoms with Crippen LogP contribution in [-0.4, -0.2) is 73.1 Å². The lowest BCUT2D eigenvalue weighted by molar-refractivity contribution is -0.123. The van der Waals surface area contributed by atoms with Gasteiger partial charge in [-0.15, -0.1) is 0 Å². The molecule has 0 radical (unpaired) electrons. The molecule has 0 saturated carbocycles. The van der Waals surface area contributed by atoms with Gasteiger partial charge in [-0.1, -0.05) is 12.1 Å². The molecule has 28 heavy (non-hydrogen) atoms. The number of ether oxygens (including phenoxy) is 2. The third kappa shape index (κ3) is 4.06. The monoisotopic (exact) mass is 397 g/mol. The number of hydrogen-bond acceptors (Lipinski definition) is 6. The molecule has 3 rings (SSSR count). The Kier molecular flexibility index (Phi) is 6.08. The molecule has 152 valence electrons. The Morgan fingerprint density at radius 3 is 2.50 bits per heavy atom. The molecule has 1 atom stereocenters. The Bertz CT molecular complexity index is 752. The number of anilines is 1. The number of carbonyl (C=O) groups is 3. The number of nitrogens with zero attached hydrogens (tertiary/aromatic N) is 3. The minimum Gasteiger partial charge on any atom is -0.450 e. The fourth-order valence-electron chi connectivity index (χ4n) is 3.42. The molecule has 1 unspecified atom stereocenters. The summed E-state index contributed by atoms with van der Waals surface area (Å²) in [5.41, 5.74) is 0.00506. The highest BCUT2D eigenvalue weighted by Gasteiger charge is 2.44. The fourth-order valence-corrected chi connectivity index (χ4v) is 3.42. The SMILES string of the molecule is CCOC(=O)N1CCN(C2CC(=O)N(c3ccccc3OC(F)F)C2=O)CC1. The van der Waals surface area contributed by atoms with Gasteiger partial charge in [0.2, 0.25) is 5.91 Å². The summed E-state index contributed by atoms with van der Waals surface area (Å²) in [5, 5.41) is 0. The van der Waals surface area contributed by atoms with Gasteiger partial charge in [0.15, 0.2) is 0 Å². The number of carbonyl (C=O) groups excluding carboxylic acids is 3. The van der Waals surface area contributed by atoms with E-state index < -0.39 is 30.6 Å². The highest BCUT2D eigenvalue weighted by Crippen LogP contribution is 2.34. The maximum Gasteiger partial charge on any atom is 0.409 e. The largest absolute Gasteiger partial charge is 0.450 e. The van der Waals surface area contributed by atoms with Crippen LogP contribution in [0, 0.1) is 0 Å². The molecule has 2 aliphatic heterocycles. The molecule has 2 saturated heterocycles. The van der Waals surface area contributed by atoms with Crippen LogP contribution in [-0.2, 0) is 14.3 Å². The average Bonchev–Trinajstić information content (AvgIpc) is 2.96. The maximum atomic E-state index is 12.9. The number of halogens is 2. The number of para-hydroxylation sites is 2. The van der Waals surface area contributed by atoms with Crippen molar-refractivity contribution >= 4 is 23.6 Å².